The largest absolute Gasteiger partial charge is 0.193 e. The van der Waals surface area contributed by atoms with Crippen LogP contribution in [0.2, 0.25) is 0 Å². The molecule has 1 nitrogen and oxygen atoms in total. The molecule has 0 fully saturated rings. The molecule has 0 aromatic heterocycles. The zero-order valence-corrected chi connectivity index (χ0v) is 9.11. The Morgan fingerprint density at radius 1 is 1.00 bits per heavy atom. The highest BCUT2D eigenvalue weighted by molar-refractivity contribution is 4.99. The quantitative estimate of drug-likeness (QED) is 0.608. The van der Waals surface area contributed by atoms with Crippen molar-refractivity contribution in [1.82, 2.24) is 0 Å². The highest BCUT2D eigenvalue weighted by Crippen LogP contribution is 1.79. The summed E-state index contributed by atoms with van der Waals surface area (Å²) < 4.78 is 0. The number of allylic oxidation sites excluding steroid dienone is 1. The van der Waals surface area contributed by atoms with Crippen LogP contribution in [-0.2, 0) is 0 Å². The first kappa shape index (κ1) is 14.9. The number of unbranched alkanes of at least 4 members (excludes halogenated alkanes) is 1. The molecule has 1 rings (SSSR count). The Hall–Kier alpha value is -1.55. The number of nitriles is 1. The van der Waals surface area contributed by atoms with Gasteiger partial charge in [-0.15, -0.1) is 0 Å². The van der Waals surface area contributed by atoms with E-state index in [2.05, 4.69) is 20.4 Å². The van der Waals surface area contributed by atoms with E-state index < -0.39 is 0 Å². The molecule has 0 saturated heterocycles. The molecular weight excluding hydrogens is 170 g/mol. The fraction of sp³-hybridized carbons (Fsp3) is 0.308. The number of hydrogen-bond acceptors (Lipinski definition) is 1. The number of benzene rings is 1. The van der Waals surface area contributed by atoms with Gasteiger partial charge in [-0.25, -0.2) is 0 Å². The maximum absolute atomic E-state index is 7.51. The van der Waals surface area contributed by atoms with Crippen LogP contribution in [-0.4, -0.2) is 0 Å². The van der Waals surface area contributed by atoms with Crippen molar-refractivity contribution in [1.29, 1.82) is 5.26 Å². The fourth-order valence-electron chi connectivity index (χ4n) is 0.385. The minimum atomic E-state index is 1.18. The van der Waals surface area contributed by atoms with E-state index in [0.29, 0.717) is 0 Å². The van der Waals surface area contributed by atoms with Gasteiger partial charge in [0.25, 0.3) is 0 Å². The average Bonchev–Trinajstić information content (AvgIpc) is 2.32. The van der Waals surface area contributed by atoms with Crippen LogP contribution in [0.3, 0.4) is 0 Å². The molecule has 0 saturated carbocycles. The van der Waals surface area contributed by atoms with E-state index in [1.165, 1.54) is 18.9 Å². The molecule has 0 unspecified atom stereocenters. The van der Waals surface area contributed by atoms with E-state index in [4.69, 9.17) is 5.26 Å². The Balaban J connectivity index is 0. The standard InChI is InChI=1S/C6H6.C4H10.C3H3N/c1-2-4-6-5-3-1;1-3-4-2;1-2-3-4/h1-6H;3-4H2,1-2H3;2H,1H2. The summed E-state index contributed by atoms with van der Waals surface area (Å²) in [6.07, 6.45) is 3.82. The summed E-state index contributed by atoms with van der Waals surface area (Å²) in [4.78, 5) is 0. The average molecular weight is 189 g/mol. The van der Waals surface area contributed by atoms with Crippen molar-refractivity contribution in [3.63, 3.8) is 0 Å². The first-order valence-electron chi connectivity index (χ1n) is 4.83. The molecular formula is C13H19N. The highest BCUT2D eigenvalue weighted by Gasteiger charge is 1.58. The van der Waals surface area contributed by atoms with Crippen molar-refractivity contribution in [2.24, 2.45) is 0 Å². The van der Waals surface area contributed by atoms with Crippen molar-refractivity contribution in [3.8, 4) is 6.07 Å². The summed E-state index contributed by atoms with van der Waals surface area (Å²) >= 11 is 0. The second kappa shape index (κ2) is 17.5. The lowest BCUT2D eigenvalue weighted by molar-refractivity contribution is 0.886. The molecule has 1 aromatic rings. The first-order valence-corrected chi connectivity index (χ1v) is 4.83. The SMILES string of the molecule is C=CC#N.CCCC.c1ccccc1. The molecule has 0 N–H and O–H groups in total. The molecule has 14 heavy (non-hydrogen) atoms. The van der Waals surface area contributed by atoms with Gasteiger partial charge >= 0.3 is 0 Å². The summed E-state index contributed by atoms with van der Waals surface area (Å²) in [5.41, 5.74) is 0. The molecule has 0 aliphatic heterocycles. The highest BCUT2D eigenvalue weighted by atomic mass is 14.2. The third-order valence-corrected chi connectivity index (χ3v) is 1.26. The monoisotopic (exact) mass is 189 g/mol. The molecule has 0 aliphatic carbocycles. The Bertz CT molecular complexity index is 192. The maximum Gasteiger partial charge on any atom is 0.0905 e. The van der Waals surface area contributed by atoms with Gasteiger partial charge in [0, 0.05) is 6.08 Å². The van der Waals surface area contributed by atoms with Crippen molar-refractivity contribution in [2.75, 3.05) is 0 Å². The predicted molar refractivity (Wildman–Crippen MR) is 62.8 cm³/mol. The molecule has 76 valence electrons. The van der Waals surface area contributed by atoms with E-state index in [0.717, 1.165) is 0 Å². The van der Waals surface area contributed by atoms with Crippen molar-refractivity contribution in [3.05, 3.63) is 49.1 Å². The van der Waals surface area contributed by atoms with Crippen LogP contribution >= 0.6 is 0 Å². The lowest BCUT2D eigenvalue weighted by atomic mass is 10.4. The topological polar surface area (TPSA) is 23.8 Å². The van der Waals surface area contributed by atoms with E-state index in [-0.39, 0.29) is 0 Å². The lowest BCUT2D eigenvalue weighted by Crippen LogP contribution is -1.47. The van der Waals surface area contributed by atoms with Crippen molar-refractivity contribution < 1.29 is 0 Å². The Morgan fingerprint density at radius 2 is 1.21 bits per heavy atom. The number of rotatable bonds is 1. The van der Waals surface area contributed by atoms with Crippen LogP contribution in [0.15, 0.2) is 49.1 Å². The molecule has 0 bridgehead atoms. The van der Waals surface area contributed by atoms with Crippen LogP contribution in [0.1, 0.15) is 26.7 Å². The van der Waals surface area contributed by atoms with Gasteiger partial charge in [0.1, 0.15) is 0 Å². The Kier molecular flexibility index (Phi) is 18.7. The van der Waals surface area contributed by atoms with Crippen LogP contribution in [0, 0.1) is 11.3 Å². The summed E-state index contributed by atoms with van der Waals surface area (Å²) in [6, 6.07) is 13.7. The maximum atomic E-state index is 7.51. The number of nitrogens with zero attached hydrogens (tertiary/aromatic N) is 1. The molecule has 0 spiro atoms. The zero-order chi connectivity index (χ0) is 11.1. The summed E-state index contributed by atoms with van der Waals surface area (Å²) in [6.45, 7) is 7.48. The van der Waals surface area contributed by atoms with Crippen LogP contribution in [0.25, 0.3) is 0 Å². The minimum Gasteiger partial charge on any atom is -0.193 e. The smallest absolute Gasteiger partial charge is 0.0905 e. The molecule has 0 amide bonds. The normalized spacial score (nSPS) is 6.64. The van der Waals surface area contributed by atoms with Gasteiger partial charge in [0.15, 0.2) is 0 Å². The van der Waals surface area contributed by atoms with E-state index in [1.54, 1.807) is 6.07 Å². The summed E-state index contributed by atoms with van der Waals surface area (Å²) in [5, 5.41) is 7.51. The summed E-state index contributed by atoms with van der Waals surface area (Å²) in [5.74, 6) is 0. The second-order valence-corrected chi connectivity index (χ2v) is 2.49. The van der Waals surface area contributed by atoms with Gasteiger partial charge in [-0.1, -0.05) is 69.7 Å². The molecule has 0 heterocycles. The van der Waals surface area contributed by atoms with Gasteiger partial charge in [-0.3, -0.25) is 0 Å². The number of hydrogen-bond donors (Lipinski definition) is 0. The molecule has 1 heteroatoms. The molecule has 0 atom stereocenters. The zero-order valence-electron chi connectivity index (χ0n) is 9.11. The first-order chi connectivity index (χ1) is 6.83. The van der Waals surface area contributed by atoms with Crippen LogP contribution < -0.4 is 0 Å². The van der Waals surface area contributed by atoms with Gasteiger partial charge in [0.2, 0.25) is 0 Å². The van der Waals surface area contributed by atoms with Gasteiger partial charge in [-0.05, 0) is 0 Å². The van der Waals surface area contributed by atoms with Crippen molar-refractivity contribution in [2.45, 2.75) is 26.7 Å². The van der Waals surface area contributed by atoms with E-state index >= 15 is 0 Å². The van der Waals surface area contributed by atoms with E-state index in [9.17, 15) is 0 Å². The fourth-order valence-corrected chi connectivity index (χ4v) is 0.385. The van der Waals surface area contributed by atoms with E-state index in [1.807, 2.05) is 36.4 Å². The van der Waals surface area contributed by atoms with Gasteiger partial charge in [-0.2, -0.15) is 5.26 Å². The van der Waals surface area contributed by atoms with Crippen LogP contribution in [0.4, 0.5) is 0 Å². The third kappa shape index (κ3) is 22.4. The molecule has 0 radical (unpaired) electrons. The van der Waals surface area contributed by atoms with Crippen molar-refractivity contribution >= 4 is 0 Å². The van der Waals surface area contributed by atoms with Gasteiger partial charge in [0.05, 0.1) is 6.07 Å². The minimum absolute atomic E-state index is 1.18. The molecule has 0 aliphatic rings. The third-order valence-electron chi connectivity index (χ3n) is 1.26. The summed E-state index contributed by atoms with van der Waals surface area (Å²) in [7, 11) is 0. The van der Waals surface area contributed by atoms with Crippen LogP contribution in [0.5, 0.6) is 0 Å². The second-order valence-electron chi connectivity index (χ2n) is 2.49. The Morgan fingerprint density at radius 3 is 1.29 bits per heavy atom. The lowest BCUT2D eigenvalue weighted by Gasteiger charge is -1.69. The molecule has 1 aromatic carbocycles. The Labute approximate surface area is 87.7 Å². The van der Waals surface area contributed by atoms with Gasteiger partial charge < -0.3 is 0 Å². The predicted octanol–water partition coefficient (Wildman–Crippen LogP) is 4.19.